The third-order valence-electron chi connectivity index (χ3n) is 3.24. The van der Waals surface area contributed by atoms with Crippen molar-refractivity contribution in [1.82, 2.24) is 15.1 Å². The van der Waals surface area contributed by atoms with Crippen LogP contribution >= 0.6 is 0 Å². The van der Waals surface area contributed by atoms with Gasteiger partial charge in [0.1, 0.15) is 0 Å². The van der Waals surface area contributed by atoms with Gasteiger partial charge in [-0.3, -0.25) is 4.90 Å². The second-order valence-electron chi connectivity index (χ2n) is 5.10. The molecule has 2 aromatic rings. The minimum absolute atomic E-state index is 0.294. The van der Waals surface area contributed by atoms with E-state index in [1.54, 1.807) is 0 Å². The van der Waals surface area contributed by atoms with Gasteiger partial charge >= 0.3 is 0 Å². The highest BCUT2D eigenvalue weighted by Gasteiger charge is 2.20. The summed E-state index contributed by atoms with van der Waals surface area (Å²) in [5.41, 5.74) is 2.81. The van der Waals surface area contributed by atoms with Gasteiger partial charge in [-0.15, -0.1) is 10.2 Å². The van der Waals surface area contributed by atoms with E-state index in [4.69, 9.17) is 4.42 Å². The molecule has 3 rings (SSSR count). The zero-order chi connectivity index (χ0) is 12.5. The highest BCUT2D eigenvalue weighted by Crippen LogP contribution is 2.24. The van der Waals surface area contributed by atoms with E-state index in [0.29, 0.717) is 11.8 Å². The second-order valence-corrected chi connectivity index (χ2v) is 5.10. The largest absolute Gasteiger partial charge is 0.424 e. The first-order chi connectivity index (χ1) is 8.72. The van der Waals surface area contributed by atoms with Gasteiger partial charge in [0.05, 0.1) is 6.54 Å². The molecule has 0 unspecified atom stereocenters. The highest BCUT2D eigenvalue weighted by atomic mass is 16.4. The molecule has 0 bridgehead atoms. The summed E-state index contributed by atoms with van der Waals surface area (Å²) >= 11 is 0. The quantitative estimate of drug-likeness (QED) is 0.831. The molecule has 0 saturated carbocycles. The van der Waals surface area contributed by atoms with Gasteiger partial charge in [-0.1, -0.05) is 38.1 Å². The summed E-state index contributed by atoms with van der Waals surface area (Å²) in [4.78, 5) is 2.32. The highest BCUT2D eigenvalue weighted by molar-refractivity contribution is 5.30. The Morgan fingerprint density at radius 2 is 1.83 bits per heavy atom. The number of rotatable bonds is 3. The number of fused-ring (bicyclic) bond motifs is 1. The zero-order valence-corrected chi connectivity index (χ0v) is 10.8. The maximum absolute atomic E-state index is 5.64. The van der Waals surface area contributed by atoms with Crippen LogP contribution in [0.1, 0.15) is 42.7 Å². The van der Waals surface area contributed by atoms with Gasteiger partial charge in [-0.05, 0) is 11.1 Å². The lowest BCUT2D eigenvalue weighted by atomic mass is 10.1. The summed E-state index contributed by atoms with van der Waals surface area (Å²) in [5.74, 6) is 1.73. The van der Waals surface area contributed by atoms with E-state index >= 15 is 0 Å². The van der Waals surface area contributed by atoms with Gasteiger partial charge in [0.15, 0.2) is 0 Å². The maximum atomic E-state index is 5.64. The molecule has 0 radical (unpaired) electrons. The molecule has 1 aromatic carbocycles. The topological polar surface area (TPSA) is 42.2 Å². The summed E-state index contributed by atoms with van der Waals surface area (Å²) in [5, 5.41) is 8.17. The monoisotopic (exact) mass is 243 g/mol. The van der Waals surface area contributed by atoms with Crippen molar-refractivity contribution in [2.24, 2.45) is 0 Å². The van der Waals surface area contributed by atoms with Crippen LogP contribution in [0, 0.1) is 0 Å². The number of aromatic nitrogens is 2. The summed E-state index contributed by atoms with van der Waals surface area (Å²) in [7, 11) is 0. The first-order valence-corrected chi connectivity index (χ1v) is 6.34. The van der Waals surface area contributed by atoms with Gasteiger partial charge in [-0.25, -0.2) is 0 Å². The molecule has 4 heteroatoms. The zero-order valence-electron chi connectivity index (χ0n) is 10.8. The van der Waals surface area contributed by atoms with Crippen molar-refractivity contribution in [3.05, 3.63) is 47.2 Å². The van der Waals surface area contributed by atoms with Crippen LogP contribution in [-0.2, 0) is 19.6 Å². The molecule has 0 N–H and O–H groups in total. The fraction of sp³-hybridized carbons (Fsp3) is 0.429. The van der Waals surface area contributed by atoms with Crippen molar-refractivity contribution in [2.45, 2.75) is 39.4 Å². The lowest BCUT2D eigenvalue weighted by Crippen LogP contribution is -2.15. The third kappa shape index (κ3) is 2.16. The number of nitrogens with zero attached hydrogens (tertiary/aromatic N) is 3. The number of benzene rings is 1. The average Bonchev–Trinajstić information content (AvgIpc) is 2.94. The van der Waals surface area contributed by atoms with E-state index in [9.17, 15) is 0 Å². The molecule has 1 aromatic heterocycles. The van der Waals surface area contributed by atoms with Crippen molar-refractivity contribution in [1.29, 1.82) is 0 Å². The Bertz CT molecular complexity index is 522. The van der Waals surface area contributed by atoms with Gasteiger partial charge in [0.2, 0.25) is 11.8 Å². The number of hydrogen-bond donors (Lipinski definition) is 0. The average molecular weight is 243 g/mol. The lowest BCUT2D eigenvalue weighted by Gasteiger charge is -2.11. The van der Waals surface area contributed by atoms with Gasteiger partial charge < -0.3 is 4.42 Å². The molecular weight excluding hydrogens is 226 g/mol. The lowest BCUT2D eigenvalue weighted by molar-refractivity contribution is 0.241. The third-order valence-corrected chi connectivity index (χ3v) is 3.24. The molecule has 94 valence electrons. The van der Waals surface area contributed by atoms with Gasteiger partial charge in [0.25, 0.3) is 0 Å². The fourth-order valence-corrected chi connectivity index (χ4v) is 2.27. The summed E-state index contributed by atoms with van der Waals surface area (Å²) in [6.45, 7) is 6.78. The maximum Gasteiger partial charge on any atom is 0.230 e. The Hall–Kier alpha value is -1.68. The van der Waals surface area contributed by atoms with Crippen LogP contribution in [0.5, 0.6) is 0 Å². The van der Waals surface area contributed by atoms with Crippen LogP contribution in [0.2, 0.25) is 0 Å². The Kier molecular flexibility index (Phi) is 2.88. The molecule has 0 saturated heterocycles. The first-order valence-electron chi connectivity index (χ1n) is 6.34. The molecule has 0 fully saturated rings. The van der Waals surface area contributed by atoms with E-state index in [2.05, 4.69) is 53.2 Å². The van der Waals surface area contributed by atoms with Crippen molar-refractivity contribution >= 4 is 0 Å². The number of hydrogen-bond acceptors (Lipinski definition) is 4. The van der Waals surface area contributed by atoms with E-state index in [1.807, 2.05) is 0 Å². The normalized spacial score (nSPS) is 15.3. The van der Waals surface area contributed by atoms with Crippen LogP contribution in [0.25, 0.3) is 0 Å². The molecule has 0 spiro atoms. The van der Waals surface area contributed by atoms with Crippen LogP contribution in [0.15, 0.2) is 28.7 Å². The van der Waals surface area contributed by atoms with E-state index < -0.39 is 0 Å². The van der Waals surface area contributed by atoms with Gasteiger partial charge in [-0.2, -0.15) is 0 Å². The molecule has 1 aliphatic heterocycles. The molecule has 2 heterocycles. The molecular formula is C14H17N3O. The van der Waals surface area contributed by atoms with Crippen LogP contribution in [0.4, 0.5) is 0 Å². The summed E-state index contributed by atoms with van der Waals surface area (Å²) < 4.78 is 5.64. The van der Waals surface area contributed by atoms with Gasteiger partial charge in [0, 0.05) is 19.0 Å². The fourth-order valence-electron chi connectivity index (χ4n) is 2.27. The van der Waals surface area contributed by atoms with E-state index in [-0.39, 0.29) is 0 Å². The minimum atomic E-state index is 0.294. The molecule has 4 nitrogen and oxygen atoms in total. The molecule has 0 aliphatic carbocycles. The smallest absolute Gasteiger partial charge is 0.230 e. The van der Waals surface area contributed by atoms with Crippen LogP contribution < -0.4 is 0 Å². The summed E-state index contributed by atoms with van der Waals surface area (Å²) in [6, 6.07) is 8.54. The SMILES string of the molecule is CC(C)c1nnc(CN2Cc3ccccc3C2)o1. The summed E-state index contributed by atoms with van der Waals surface area (Å²) in [6.07, 6.45) is 0. The van der Waals surface area contributed by atoms with Crippen molar-refractivity contribution in [3.63, 3.8) is 0 Å². The van der Waals surface area contributed by atoms with E-state index in [1.165, 1.54) is 11.1 Å². The predicted octanol–water partition coefficient (Wildman–Crippen LogP) is 2.71. The van der Waals surface area contributed by atoms with Crippen molar-refractivity contribution < 1.29 is 4.42 Å². The Morgan fingerprint density at radius 3 is 2.39 bits per heavy atom. The molecule has 0 amide bonds. The van der Waals surface area contributed by atoms with Crippen molar-refractivity contribution in [3.8, 4) is 0 Å². The van der Waals surface area contributed by atoms with E-state index in [0.717, 1.165) is 25.5 Å². The standard InChI is InChI=1S/C14H17N3O/c1-10(2)14-16-15-13(18-14)9-17-7-11-5-3-4-6-12(11)8-17/h3-6,10H,7-9H2,1-2H3. The Labute approximate surface area is 107 Å². The Morgan fingerprint density at radius 1 is 1.17 bits per heavy atom. The molecule has 18 heavy (non-hydrogen) atoms. The van der Waals surface area contributed by atoms with Crippen molar-refractivity contribution in [2.75, 3.05) is 0 Å². The minimum Gasteiger partial charge on any atom is -0.424 e. The van der Waals surface area contributed by atoms with Crippen LogP contribution in [-0.4, -0.2) is 15.1 Å². The predicted molar refractivity (Wildman–Crippen MR) is 67.8 cm³/mol. The van der Waals surface area contributed by atoms with Crippen LogP contribution in [0.3, 0.4) is 0 Å². The second kappa shape index (κ2) is 4.53. The Balaban J connectivity index is 1.68. The first kappa shape index (κ1) is 11.4. The molecule has 1 aliphatic rings. The molecule has 0 atom stereocenters.